The van der Waals surface area contributed by atoms with E-state index < -0.39 is 0 Å². The Hall–Kier alpha value is -1.17. The summed E-state index contributed by atoms with van der Waals surface area (Å²) in [6.45, 7) is 10.2. The Morgan fingerprint density at radius 3 is 2.39 bits per heavy atom. The van der Waals surface area contributed by atoms with Crippen LogP contribution in [0.1, 0.15) is 32.5 Å². The number of aryl methyl sites for hydroxylation is 1. The Kier molecular flexibility index (Phi) is 9.19. The molecule has 1 amide bonds. The molecule has 0 spiro atoms. The Bertz CT molecular complexity index is 652. The van der Waals surface area contributed by atoms with Crippen LogP contribution in [-0.4, -0.2) is 83.9 Å². The summed E-state index contributed by atoms with van der Waals surface area (Å²) in [4.78, 5) is 27.1. The number of carbonyl (C=O) groups excluding carboxylic acids is 1. The molecule has 0 radical (unpaired) electrons. The minimum atomic E-state index is 0. The maximum atomic E-state index is 11.4. The van der Waals surface area contributed by atoms with Crippen molar-refractivity contribution in [3.8, 4) is 0 Å². The lowest BCUT2D eigenvalue weighted by atomic mass is 9.97. The minimum Gasteiger partial charge on any atom is -0.356 e. The molecule has 0 aromatic carbocycles. The van der Waals surface area contributed by atoms with Crippen LogP contribution in [0.4, 0.5) is 5.13 Å². The van der Waals surface area contributed by atoms with Crippen molar-refractivity contribution >= 4 is 52.5 Å². The molecule has 0 atom stereocenters. The zero-order valence-electron chi connectivity index (χ0n) is 17.1. The number of hydrogen-bond acceptors (Lipinski definition) is 6. The van der Waals surface area contributed by atoms with Gasteiger partial charge in [0.25, 0.3) is 0 Å². The van der Waals surface area contributed by atoms with Gasteiger partial charge in [-0.15, -0.1) is 24.0 Å². The summed E-state index contributed by atoms with van der Waals surface area (Å²) in [6, 6.07) is 0. The number of aromatic nitrogens is 2. The lowest BCUT2D eigenvalue weighted by molar-refractivity contribution is -0.130. The molecular formula is C18H32IN7OS. The number of nitrogens with one attached hydrogen (secondary N) is 1. The highest BCUT2D eigenvalue weighted by atomic mass is 127. The topological polar surface area (TPSA) is 77.0 Å². The molecule has 1 aromatic heterocycles. The highest BCUT2D eigenvalue weighted by Gasteiger charge is 2.24. The third-order valence-electron chi connectivity index (χ3n) is 5.44. The molecule has 2 aliphatic heterocycles. The van der Waals surface area contributed by atoms with Crippen molar-refractivity contribution in [1.29, 1.82) is 0 Å². The van der Waals surface area contributed by atoms with Crippen LogP contribution < -0.4 is 10.2 Å². The molecule has 8 nitrogen and oxygen atoms in total. The van der Waals surface area contributed by atoms with Crippen molar-refractivity contribution < 1.29 is 4.79 Å². The first-order valence-corrected chi connectivity index (χ1v) is 10.7. The molecule has 1 aromatic rings. The van der Waals surface area contributed by atoms with Gasteiger partial charge < -0.3 is 20.0 Å². The van der Waals surface area contributed by atoms with Crippen LogP contribution in [0.25, 0.3) is 0 Å². The molecule has 0 bridgehead atoms. The first-order valence-electron chi connectivity index (χ1n) is 9.89. The molecule has 1 N–H and O–H groups in total. The fourth-order valence-corrected chi connectivity index (χ4v) is 4.45. The number of nitrogens with zero attached hydrogens (tertiary/aromatic N) is 6. The molecule has 2 saturated heterocycles. The van der Waals surface area contributed by atoms with Gasteiger partial charge in [-0.2, -0.15) is 4.37 Å². The van der Waals surface area contributed by atoms with Gasteiger partial charge in [-0.25, -0.2) is 4.98 Å². The Morgan fingerprint density at radius 1 is 1.18 bits per heavy atom. The van der Waals surface area contributed by atoms with Crippen molar-refractivity contribution in [3.63, 3.8) is 0 Å². The lowest BCUT2D eigenvalue weighted by Gasteiger charge is -2.37. The fraction of sp³-hybridized carbons (Fsp3) is 0.778. The summed E-state index contributed by atoms with van der Waals surface area (Å²) in [7, 11) is 1.85. The van der Waals surface area contributed by atoms with Crippen molar-refractivity contribution in [2.75, 3.05) is 57.8 Å². The summed E-state index contributed by atoms with van der Waals surface area (Å²) in [6.07, 6.45) is 3.01. The van der Waals surface area contributed by atoms with E-state index in [1.165, 1.54) is 11.5 Å². The number of amides is 1. The van der Waals surface area contributed by atoms with Crippen molar-refractivity contribution in [1.82, 2.24) is 24.5 Å². The lowest BCUT2D eigenvalue weighted by Crippen LogP contribution is -2.53. The second kappa shape index (κ2) is 11.1. The maximum absolute atomic E-state index is 11.4. The average Bonchev–Trinajstić information content (AvgIpc) is 3.18. The van der Waals surface area contributed by atoms with E-state index in [9.17, 15) is 4.79 Å². The molecule has 158 valence electrons. The number of likely N-dealkylation sites (tertiary alicyclic amines) is 1. The molecule has 3 heterocycles. The van der Waals surface area contributed by atoms with Crippen LogP contribution >= 0.6 is 35.5 Å². The number of piperazine rings is 1. The Labute approximate surface area is 189 Å². The van der Waals surface area contributed by atoms with Crippen LogP contribution in [0.5, 0.6) is 0 Å². The molecule has 2 aliphatic rings. The first kappa shape index (κ1) is 23.1. The van der Waals surface area contributed by atoms with Crippen molar-refractivity contribution in [2.24, 2.45) is 10.9 Å². The zero-order valence-corrected chi connectivity index (χ0v) is 20.2. The number of halogens is 1. The van der Waals surface area contributed by atoms with Gasteiger partial charge >= 0.3 is 0 Å². The van der Waals surface area contributed by atoms with E-state index in [1.54, 1.807) is 6.92 Å². The average molecular weight is 521 g/mol. The van der Waals surface area contributed by atoms with Gasteiger partial charge in [0.1, 0.15) is 5.82 Å². The van der Waals surface area contributed by atoms with Crippen LogP contribution in [0, 0.1) is 5.92 Å². The van der Waals surface area contributed by atoms with Gasteiger partial charge in [-0.1, -0.05) is 6.92 Å². The monoisotopic (exact) mass is 521 g/mol. The van der Waals surface area contributed by atoms with E-state index in [0.717, 1.165) is 82.0 Å². The minimum absolute atomic E-state index is 0. The molecule has 0 unspecified atom stereocenters. The van der Waals surface area contributed by atoms with Gasteiger partial charge in [-0.05, 0) is 18.8 Å². The number of hydrogen-bond donors (Lipinski definition) is 1. The molecule has 0 aliphatic carbocycles. The van der Waals surface area contributed by atoms with Gasteiger partial charge in [0.15, 0.2) is 5.96 Å². The summed E-state index contributed by atoms with van der Waals surface area (Å²) >= 11 is 1.50. The van der Waals surface area contributed by atoms with E-state index in [4.69, 9.17) is 0 Å². The van der Waals surface area contributed by atoms with Crippen LogP contribution in [0.3, 0.4) is 0 Å². The van der Waals surface area contributed by atoms with E-state index in [-0.39, 0.29) is 29.9 Å². The molecule has 28 heavy (non-hydrogen) atoms. The molecular weight excluding hydrogens is 489 g/mol. The number of piperidine rings is 1. The van der Waals surface area contributed by atoms with Gasteiger partial charge in [0.05, 0.1) is 0 Å². The number of rotatable bonds is 4. The maximum Gasteiger partial charge on any atom is 0.219 e. The van der Waals surface area contributed by atoms with Gasteiger partial charge in [0.2, 0.25) is 11.0 Å². The van der Waals surface area contributed by atoms with E-state index in [1.807, 2.05) is 11.9 Å². The fourth-order valence-electron chi connectivity index (χ4n) is 3.65. The number of aliphatic imine (C=N–C) groups is 1. The highest BCUT2D eigenvalue weighted by molar-refractivity contribution is 14.0. The largest absolute Gasteiger partial charge is 0.356 e. The van der Waals surface area contributed by atoms with Crippen LogP contribution in [0.2, 0.25) is 0 Å². The van der Waals surface area contributed by atoms with Gasteiger partial charge in [0, 0.05) is 77.7 Å². The normalized spacial score (nSPS) is 18.8. The SMILES string of the molecule is CCc1nsc(N2CCN(C(=NC)NCC3CCN(C(C)=O)CC3)CC2)n1.I. The molecule has 10 heteroatoms. The smallest absolute Gasteiger partial charge is 0.219 e. The summed E-state index contributed by atoms with van der Waals surface area (Å²) < 4.78 is 4.39. The summed E-state index contributed by atoms with van der Waals surface area (Å²) in [5.74, 6) is 2.71. The van der Waals surface area contributed by atoms with Crippen molar-refractivity contribution in [3.05, 3.63) is 5.82 Å². The third kappa shape index (κ3) is 5.91. The molecule has 2 fully saturated rings. The summed E-state index contributed by atoms with van der Waals surface area (Å²) in [5.41, 5.74) is 0. The van der Waals surface area contributed by atoms with Crippen LogP contribution in [-0.2, 0) is 11.2 Å². The first-order chi connectivity index (χ1) is 13.1. The number of anilines is 1. The zero-order chi connectivity index (χ0) is 19.2. The second-order valence-corrected chi connectivity index (χ2v) is 7.93. The summed E-state index contributed by atoms with van der Waals surface area (Å²) in [5, 5.41) is 4.58. The number of guanidine groups is 1. The predicted molar refractivity (Wildman–Crippen MR) is 125 cm³/mol. The van der Waals surface area contributed by atoms with Gasteiger partial charge in [-0.3, -0.25) is 9.79 Å². The third-order valence-corrected chi connectivity index (χ3v) is 6.26. The molecule has 0 saturated carbocycles. The van der Waals surface area contributed by atoms with E-state index >= 15 is 0 Å². The Balaban J connectivity index is 0.00000280. The second-order valence-electron chi connectivity index (χ2n) is 7.20. The predicted octanol–water partition coefficient (Wildman–Crippen LogP) is 1.67. The molecule has 3 rings (SSSR count). The standard InChI is InChI=1S/C18H31N7OS.HI/c1-4-16-21-18(27-22-16)25-11-9-24(10-12-25)17(19-3)20-13-15-5-7-23(8-6-15)14(2)26;/h15H,4-13H2,1-3H3,(H,19,20);1H. The van der Waals surface area contributed by atoms with Crippen LogP contribution in [0.15, 0.2) is 4.99 Å². The van der Waals surface area contributed by atoms with E-state index in [0.29, 0.717) is 5.92 Å². The van der Waals surface area contributed by atoms with E-state index in [2.05, 4.69) is 36.4 Å². The highest BCUT2D eigenvalue weighted by Crippen LogP contribution is 2.20. The number of carbonyl (C=O) groups is 1. The quantitative estimate of drug-likeness (QED) is 0.369. The van der Waals surface area contributed by atoms with Crippen molar-refractivity contribution in [2.45, 2.75) is 33.1 Å². The Morgan fingerprint density at radius 2 is 1.86 bits per heavy atom.